The number of rotatable bonds is 14. The number of nitro benzene ring substituents is 1. The largest absolute Gasteiger partial charge is 0.494 e. The second kappa shape index (κ2) is 12.4. The summed E-state index contributed by atoms with van der Waals surface area (Å²) in [6.45, 7) is 2.26. The zero-order chi connectivity index (χ0) is 25.3. The third-order valence-corrected chi connectivity index (χ3v) is 6.69. The van der Waals surface area contributed by atoms with Crippen molar-refractivity contribution in [3.63, 3.8) is 0 Å². The molecule has 3 heterocycles. The number of fused-ring (bicyclic) bond motifs is 1. The Balaban J connectivity index is 1.35. The summed E-state index contributed by atoms with van der Waals surface area (Å²) in [7, 11) is 1.65. The van der Waals surface area contributed by atoms with Crippen LogP contribution in [0.4, 0.5) is 5.69 Å². The van der Waals surface area contributed by atoms with E-state index in [2.05, 4.69) is 23.0 Å². The van der Waals surface area contributed by atoms with Gasteiger partial charge >= 0.3 is 0 Å². The average Bonchev–Trinajstić information content (AvgIpc) is 3.60. The Hall–Kier alpha value is -3.61. The zero-order valence-corrected chi connectivity index (χ0v) is 21.3. The number of aliphatic imine (C=N–C) groups is 1. The summed E-state index contributed by atoms with van der Waals surface area (Å²) < 4.78 is 5.59. The molecule has 7 heteroatoms. The minimum atomic E-state index is -0.387. The Morgan fingerprint density at radius 1 is 0.944 bits per heavy atom. The Bertz CT molecular complexity index is 1280. The summed E-state index contributed by atoms with van der Waals surface area (Å²) in [6.07, 6.45) is 19.1. The first-order valence-electron chi connectivity index (χ1n) is 13.1. The maximum atomic E-state index is 11.1. The van der Waals surface area contributed by atoms with Gasteiger partial charge in [-0.15, -0.1) is 0 Å². The molecule has 0 amide bonds. The van der Waals surface area contributed by atoms with Crippen LogP contribution in [0.15, 0.2) is 53.2 Å². The first-order chi connectivity index (χ1) is 17.6. The number of nitrogens with one attached hydrogen (secondary N) is 2. The quantitative estimate of drug-likeness (QED) is 0.135. The Kier molecular flexibility index (Phi) is 8.76. The molecule has 0 bridgehead atoms. The molecule has 0 aliphatic carbocycles. The van der Waals surface area contributed by atoms with Crippen molar-refractivity contribution < 1.29 is 9.66 Å². The van der Waals surface area contributed by atoms with Crippen LogP contribution in [-0.4, -0.2) is 27.7 Å². The number of aromatic nitrogens is 2. The van der Waals surface area contributed by atoms with Crippen LogP contribution in [0.5, 0.6) is 5.75 Å². The van der Waals surface area contributed by atoms with Crippen LogP contribution in [0.2, 0.25) is 0 Å². The van der Waals surface area contributed by atoms with E-state index in [1.807, 2.05) is 24.3 Å². The molecule has 0 atom stereocenters. The van der Waals surface area contributed by atoms with Gasteiger partial charge in [0.05, 0.1) is 40.3 Å². The van der Waals surface area contributed by atoms with Crippen LogP contribution in [0.1, 0.15) is 76.8 Å². The second-order valence-corrected chi connectivity index (χ2v) is 9.46. The number of allylic oxidation sites excluding steroid dienone is 2. The van der Waals surface area contributed by atoms with E-state index in [0.29, 0.717) is 0 Å². The van der Waals surface area contributed by atoms with Crippen molar-refractivity contribution >= 4 is 28.4 Å². The van der Waals surface area contributed by atoms with Gasteiger partial charge in [0.25, 0.3) is 5.69 Å². The lowest BCUT2D eigenvalue weighted by molar-refractivity contribution is -0.384. The SMILES string of the molecule is CCCCCCCCCCCC1=NC(=Cc2[nH]c(-c3cc4ccc([N+](=O)[O-])cc4[nH]3)cc2OC)C=C1. The summed E-state index contributed by atoms with van der Waals surface area (Å²) in [5.74, 6) is 0.720. The molecule has 3 aromatic rings. The van der Waals surface area contributed by atoms with E-state index < -0.39 is 0 Å². The van der Waals surface area contributed by atoms with Gasteiger partial charge in [0.1, 0.15) is 5.75 Å². The molecule has 0 saturated carbocycles. The number of benzene rings is 1. The number of hydrogen-bond acceptors (Lipinski definition) is 4. The van der Waals surface area contributed by atoms with Crippen LogP contribution < -0.4 is 4.74 Å². The first kappa shape index (κ1) is 25.5. The highest BCUT2D eigenvalue weighted by Gasteiger charge is 2.14. The lowest BCUT2D eigenvalue weighted by Gasteiger charge is -2.02. The second-order valence-electron chi connectivity index (χ2n) is 9.46. The number of non-ortho nitro benzene ring substituents is 1. The molecule has 2 N–H and O–H groups in total. The summed E-state index contributed by atoms with van der Waals surface area (Å²) >= 11 is 0. The molecular weight excluding hydrogens is 452 g/mol. The summed E-state index contributed by atoms with van der Waals surface area (Å²) in [5, 5.41) is 12.0. The molecule has 190 valence electrons. The number of H-pyrrole nitrogens is 2. The topological polar surface area (TPSA) is 96.3 Å². The predicted molar refractivity (Wildman–Crippen MR) is 148 cm³/mol. The highest BCUT2D eigenvalue weighted by molar-refractivity contribution is 5.99. The van der Waals surface area contributed by atoms with Crippen LogP contribution >= 0.6 is 0 Å². The number of aromatic amines is 2. The van der Waals surface area contributed by atoms with E-state index in [0.717, 1.165) is 51.6 Å². The van der Waals surface area contributed by atoms with Gasteiger partial charge in [0.15, 0.2) is 0 Å². The van der Waals surface area contributed by atoms with Gasteiger partial charge in [0.2, 0.25) is 0 Å². The van der Waals surface area contributed by atoms with E-state index in [9.17, 15) is 10.1 Å². The summed E-state index contributed by atoms with van der Waals surface area (Å²) in [6, 6.07) is 8.72. The number of unbranched alkanes of at least 4 members (excludes halogenated alkanes) is 8. The van der Waals surface area contributed by atoms with Gasteiger partial charge in [-0.2, -0.15) is 0 Å². The van der Waals surface area contributed by atoms with Gasteiger partial charge in [0, 0.05) is 29.3 Å². The number of nitro groups is 1. The van der Waals surface area contributed by atoms with E-state index in [-0.39, 0.29) is 10.6 Å². The molecule has 1 aromatic carbocycles. The van der Waals surface area contributed by atoms with Crippen molar-refractivity contribution in [1.29, 1.82) is 0 Å². The summed E-state index contributed by atoms with van der Waals surface area (Å²) in [5.41, 5.74) is 5.34. The normalized spacial score (nSPS) is 14.2. The zero-order valence-electron chi connectivity index (χ0n) is 21.3. The van der Waals surface area contributed by atoms with Gasteiger partial charge in [-0.05, 0) is 43.2 Å². The number of methoxy groups -OCH3 is 1. The maximum Gasteiger partial charge on any atom is 0.271 e. The van der Waals surface area contributed by atoms with E-state index >= 15 is 0 Å². The monoisotopic (exact) mass is 488 g/mol. The Labute approximate surface area is 212 Å². The van der Waals surface area contributed by atoms with E-state index in [1.165, 1.54) is 63.9 Å². The predicted octanol–water partition coefficient (Wildman–Crippen LogP) is 8.35. The molecule has 36 heavy (non-hydrogen) atoms. The molecule has 0 unspecified atom stereocenters. The molecule has 7 nitrogen and oxygen atoms in total. The standard InChI is InChI=1S/C29H36N4O3/c1-3-4-5-6-7-8-9-10-11-12-22-14-15-23(30-22)18-28-29(36-2)20-27(32-28)26-17-21-13-16-24(33(34)35)19-25(21)31-26/h13-20,31-32H,3-12H2,1-2H3. The van der Waals surface area contributed by atoms with Crippen LogP contribution in [0.25, 0.3) is 28.4 Å². The summed E-state index contributed by atoms with van der Waals surface area (Å²) in [4.78, 5) is 22.2. The maximum absolute atomic E-state index is 11.1. The minimum absolute atomic E-state index is 0.0643. The van der Waals surface area contributed by atoms with Crippen molar-refractivity contribution in [2.45, 2.75) is 71.1 Å². The third-order valence-electron chi connectivity index (χ3n) is 6.69. The van der Waals surface area contributed by atoms with Crippen LogP contribution in [-0.2, 0) is 0 Å². The molecule has 0 saturated heterocycles. The molecule has 1 aliphatic rings. The molecule has 0 spiro atoms. The van der Waals surface area contributed by atoms with Crippen LogP contribution in [0, 0.1) is 10.1 Å². The van der Waals surface area contributed by atoms with Gasteiger partial charge in [-0.1, -0.05) is 58.3 Å². The van der Waals surface area contributed by atoms with Crippen molar-refractivity contribution in [1.82, 2.24) is 9.97 Å². The van der Waals surface area contributed by atoms with Gasteiger partial charge in [-0.25, -0.2) is 0 Å². The molecule has 2 aromatic heterocycles. The minimum Gasteiger partial charge on any atom is -0.494 e. The lowest BCUT2D eigenvalue weighted by Crippen LogP contribution is -1.90. The average molecular weight is 489 g/mol. The third kappa shape index (κ3) is 6.53. The van der Waals surface area contributed by atoms with Gasteiger partial charge in [-0.3, -0.25) is 15.1 Å². The lowest BCUT2D eigenvalue weighted by atomic mass is 10.1. The van der Waals surface area contributed by atoms with E-state index in [1.54, 1.807) is 19.2 Å². The molecular formula is C29H36N4O3. The van der Waals surface area contributed by atoms with Crippen molar-refractivity contribution in [3.8, 4) is 17.1 Å². The van der Waals surface area contributed by atoms with E-state index in [4.69, 9.17) is 9.73 Å². The van der Waals surface area contributed by atoms with Gasteiger partial charge < -0.3 is 14.7 Å². The number of hydrogen-bond donors (Lipinski definition) is 2. The molecule has 0 radical (unpaired) electrons. The fourth-order valence-corrected chi connectivity index (χ4v) is 4.65. The molecule has 4 rings (SSSR count). The van der Waals surface area contributed by atoms with Crippen molar-refractivity contribution in [3.05, 3.63) is 64.0 Å². The molecule has 1 aliphatic heterocycles. The highest BCUT2D eigenvalue weighted by Crippen LogP contribution is 2.32. The van der Waals surface area contributed by atoms with Crippen molar-refractivity contribution in [2.75, 3.05) is 7.11 Å². The van der Waals surface area contributed by atoms with Crippen molar-refractivity contribution in [2.24, 2.45) is 4.99 Å². The smallest absolute Gasteiger partial charge is 0.271 e. The highest BCUT2D eigenvalue weighted by atomic mass is 16.6. The number of nitrogens with zero attached hydrogens (tertiary/aromatic N) is 2. The van der Waals surface area contributed by atoms with Crippen LogP contribution in [0.3, 0.4) is 0 Å². The fourth-order valence-electron chi connectivity index (χ4n) is 4.65. The number of ether oxygens (including phenoxy) is 1. The fraction of sp³-hybridized carbons (Fsp3) is 0.414. The molecule has 0 fully saturated rings. The Morgan fingerprint density at radius 2 is 1.67 bits per heavy atom. The Morgan fingerprint density at radius 3 is 2.39 bits per heavy atom. The first-order valence-corrected chi connectivity index (χ1v) is 13.1.